The molecule has 0 aliphatic heterocycles. The van der Waals surface area contributed by atoms with Crippen LogP contribution in [0, 0.1) is 0 Å². The van der Waals surface area contributed by atoms with Crippen LogP contribution in [0.2, 0.25) is 0 Å². The zero-order chi connectivity index (χ0) is 9.47. The van der Waals surface area contributed by atoms with Gasteiger partial charge < -0.3 is 0 Å². The van der Waals surface area contributed by atoms with Crippen molar-refractivity contribution in [1.82, 2.24) is 4.98 Å². The van der Waals surface area contributed by atoms with Gasteiger partial charge in [-0.25, -0.2) is 0 Å². The van der Waals surface area contributed by atoms with Crippen LogP contribution >= 0.6 is 11.3 Å². The summed E-state index contributed by atoms with van der Waals surface area (Å²) in [6, 6.07) is 4.32. The third kappa shape index (κ3) is 1.59. The summed E-state index contributed by atoms with van der Waals surface area (Å²) in [5.41, 5.74) is 0.254. The van der Waals surface area contributed by atoms with Crippen molar-refractivity contribution in [3.05, 3.63) is 29.4 Å². The van der Waals surface area contributed by atoms with Crippen molar-refractivity contribution in [2.24, 2.45) is 0 Å². The number of nitrogens with zero attached hydrogens (tertiary/aromatic N) is 1. The van der Waals surface area contributed by atoms with Crippen molar-refractivity contribution >= 4 is 21.4 Å². The van der Waals surface area contributed by atoms with E-state index in [0.717, 1.165) is 0 Å². The first-order valence-electron chi connectivity index (χ1n) is 4.41. The summed E-state index contributed by atoms with van der Waals surface area (Å²) in [6.45, 7) is 6.72. The van der Waals surface area contributed by atoms with E-state index in [0.29, 0.717) is 0 Å². The Labute approximate surface area is 82.4 Å². The molecule has 2 rings (SSSR count). The minimum absolute atomic E-state index is 0.254. The van der Waals surface area contributed by atoms with Crippen molar-refractivity contribution in [3.63, 3.8) is 0 Å². The maximum absolute atomic E-state index is 4.11. The molecule has 0 bridgehead atoms. The zero-order valence-electron chi connectivity index (χ0n) is 8.16. The fourth-order valence-electron chi connectivity index (χ4n) is 1.25. The van der Waals surface area contributed by atoms with Crippen LogP contribution in [-0.2, 0) is 5.41 Å². The molecular formula is C11H13NS. The molecule has 0 atom stereocenters. The van der Waals surface area contributed by atoms with Gasteiger partial charge in [-0.1, -0.05) is 20.8 Å². The van der Waals surface area contributed by atoms with Gasteiger partial charge in [0.2, 0.25) is 0 Å². The van der Waals surface area contributed by atoms with E-state index < -0.39 is 0 Å². The fourth-order valence-corrected chi connectivity index (χ4v) is 2.34. The van der Waals surface area contributed by atoms with Crippen molar-refractivity contribution in [2.45, 2.75) is 26.2 Å². The molecule has 0 saturated heterocycles. The third-order valence-corrected chi connectivity index (χ3v) is 3.60. The summed E-state index contributed by atoms with van der Waals surface area (Å²) in [4.78, 5) is 5.54. The Morgan fingerprint density at radius 3 is 2.69 bits per heavy atom. The van der Waals surface area contributed by atoms with E-state index in [1.807, 2.05) is 23.7 Å². The smallest absolute Gasteiger partial charge is 0.0376 e. The molecule has 0 unspecified atom stereocenters. The molecule has 0 spiro atoms. The first-order chi connectivity index (χ1) is 6.07. The van der Waals surface area contributed by atoms with Gasteiger partial charge in [-0.2, -0.15) is 0 Å². The van der Waals surface area contributed by atoms with Crippen molar-refractivity contribution < 1.29 is 0 Å². The average Bonchev–Trinajstić information content (AvgIpc) is 2.45. The molecule has 0 aliphatic rings. The van der Waals surface area contributed by atoms with Gasteiger partial charge in [0.05, 0.1) is 0 Å². The second-order valence-electron chi connectivity index (χ2n) is 4.27. The summed E-state index contributed by atoms with van der Waals surface area (Å²) in [6.07, 6.45) is 3.78. The maximum Gasteiger partial charge on any atom is 0.0376 e. The summed E-state index contributed by atoms with van der Waals surface area (Å²) < 4.78 is 1.33. The monoisotopic (exact) mass is 191 g/mol. The molecule has 13 heavy (non-hydrogen) atoms. The van der Waals surface area contributed by atoms with Gasteiger partial charge in [0.25, 0.3) is 0 Å². The molecule has 0 N–H and O–H groups in total. The molecule has 0 radical (unpaired) electrons. The molecule has 0 amide bonds. The van der Waals surface area contributed by atoms with Gasteiger partial charge in [-0.15, -0.1) is 11.3 Å². The Morgan fingerprint density at radius 2 is 2.08 bits per heavy atom. The van der Waals surface area contributed by atoms with E-state index in [9.17, 15) is 0 Å². The number of thiophene rings is 1. The first kappa shape index (κ1) is 8.70. The SMILES string of the molecule is CC(C)(C)c1cc2cnccc2s1. The van der Waals surface area contributed by atoms with E-state index in [-0.39, 0.29) is 5.41 Å². The maximum atomic E-state index is 4.11. The number of rotatable bonds is 0. The number of aromatic nitrogens is 1. The topological polar surface area (TPSA) is 12.9 Å². The summed E-state index contributed by atoms with van der Waals surface area (Å²) >= 11 is 1.86. The second-order valence-corrected chi connectivity index (χ2v) is 5.36. The van der Waals surface area contributed by atoms with Crippen LogP contribution in [0.5, 0.6) is 0 Å². The zero-order valence-corrected chi connectivity index (χ0v) is 8.98. The predicted molar refractivity (Wildman–Crippen MR) is 58.3 cm³/mol. The highest BCUT2D eigenvalue weighted by Gasteiger charge is 2.16. The van der Waals surface area contributed by atoms with E-state index >= 15 is 0 Å². The van der Waals surface area contributed by atoms with E-state index in [4.69, 9.17) is 0 Å². The highest BCUT2D eigenvalue weighted by molar-refractivity contribution is 7.19. The standard InChI is InChI=1S/C11H13NS/c1-11(2,3)10-6-8-7-12-5-4-9(8)13-10/h4-7H,1-3H3. The molecule has 2 aromatic rings. The Bertz CT molecular complexity index is 390. The van der Waals surface area contributed by atoms with Gasteiger partial charge in [0.1, 0.15) is 0 Å². The fraction of sp³-hybridized carbons (Fsp3) is 0.364. The Balaban J connectivity index is 2.63. The number of pyridine rings is 1. The summed E-state index contributed by atoms with van der Waals surface area (Å²) in [7, 11) is 0. The number of hydrogen-bond acceptors (Lipinski definition) is 2. The van der Waals surface area contributed by atoms with Gasteiger partial charge in [-0.3, -0.25) is 4.98 Å². The molecular weight excluding hydrogens is 178 g/mol. The Kier molecular flexibility index (Phi) is 1.88. The van der Waals surface area contributed by atoms with E-state index in [1.165, 1.54) is 15.0 Å². The van der Waals surface area contributed by atoms with E-state index in [2.05, 4.69) is 37.9 Å². The molecule has 2 aromatic heterocycles. The van der Waals surface area contributed by atoms with E-state index in [1.54, 1.807) is 0 Å². The quantitative estimate of drug-likeness (QED) is 0.620. The molecule has 2 heteroatoms. The van der Waals surface area contributed by atoms with Crippen LogP contribution in [-0.4, -0.2) is 4.98 Å². The van der Waals surface area contributed by atoms with Crippen LogP contribution < -0.4 is 0 Å². The van der Waals surface area contributed by atoms with Gasteiger partial charge in [0, 0.05) is 27.4 Å². The van der Waals surface area contributed by atoms with Gasteiger partial charge >= 0.3 is 0 Å². The second kappa shape index (κ2) is 2.81. The molecule has 68 valence electrons. The summed E-state index contributed by atoms with van der Waals surface area (Å²) in [5, 5.41) is 1.26. The lowest BCUT2D eigenvalue weighted by molar-refractivity contribution is 0.604. The summed E-state index contributed by atoms with van der Waals surface area (Å²) in [5.74, 6) is 0. The molecule has 2 heterocycles. The highest BCUT2D eigenvalue weighted by atomic mass is 32.1. The molecule has 0 aliphatic carbocycles. The first-order valence-corrected chi connectivity index (χ1v) is 5.23. The van der Waals surface area contributed by atoms with Gasteiger partial charge in [-0.05, 0) is 17.5 Å². The molecule has 0 aromatic carbocycles. The number of hydrogen-bond donors (Lipinski definition) is 0. The van der Waals surface area contributed by atoms with Crippen LogP contribution in [0.1, 0.15) is 25.6 Å². The predicted octanol–water partition coefficient (Wildman–Crippen LogP) is 3.59. The highest BCUT2D eigenvalue weighted by Crippen LogP contribution is 2.33. The van der Waals surface area contributed by atoms with Crippen LogP contribution in [0.4, 0.5) is 0 Å². The molecule has 0 fully saturated rings. The minimum Gasteiger partial charge on any atom is -0.264 e. The molecule has 0 saturated carbocycles. The average molecular weight is 191 g/mol. The minimum atomic E-state index is 0.254. The Hall–Kier alpha value is -0.890. The molecule has 1 nitrogen and oxygen atoms in total. The van der Waals surface area contributed by atoms with Crippen molar-refractivity contribution in [3.8, 4) is 0 Å². The lowest BCUT2D eigenvalue weighted by Gasteiger charge is -2.14. The largest absolute Gasteiger partial charge is 0.264 e. The van der Waals surface area contributed by atoms with Gasteiger partial charge in [0.15, 0.2) is 0 Å². The van der Waals surface area contributed by atoms with Crippen molar-refractivity contribution in [2.75, 3.05) is 0 Å². The van der Waals surface area contributed by atoms with Crippen LogP contribution in [0.3, 0.4) is 0 Å². The number of fused-ring (bicyclic) bond motifs is 1. The van der Waals surface area contributed by atoms with Crippen molar-refractivity contribution in [1.29, 1.82) is 0 Å². The normalized spacial score (nSPS) is 12.2. The third-order valence-electron chi connectivity index (χ3n) is 2.06. The Morgan fingerprint density at radius 1 is 1.31 bits per heavy atom. The van der Waals surface area contributed by atoms with Crippen LogP contribution in [0.25, 0.3) is 10.1 Å². The van der Waals surface area contributed by atoms with Crippen LogP contribution in [0.15, 0.2) is 24.5 Å². The lowest BCUT2D eigenvalue weighted by atomic mass is 9.94. The lowest BCUT2D eigenvalue weighted by Crippen LogP contribution is -2.07.